The van der Waals surface area contributed by atoms with Crippen LogP contribution in [0, 0.1) is 0 Å². The summed E-state index contributed by atoms with van der Waals surface area (Å²) in [6.45, 7) is -1.81. The summed E-state index contributed by atoms with van der Waals surface area (Å²) in [6.07, 6.45) is -7.19. The quantitative estimate of drug-likeness (QED) is 0.164. The minimum atomic E-state index is -5.33. The second-order valence-corrected chi connectivity index (χ2v) is 13.7. The molecular formula is C20H24FN11O11P2. The lowest BCUT2D eigenvalue weighted by Crippen LogP contribution is -2.41. The zero-order valence-corrected chi connectivity index (χ0v) is 24.6. The maximum atomic E-state index is 16.8. The SMILES string of the molecule is CO[C@H]1[C@H]2OP(=O)(O)OC[C@H]3O[C@@H](n4ncc5c(N)nnnc54)C[C@]3(F)P(=O)(O)OC[C@H]1O[C@H]2n1cnc2c(=O)[nH]c(N)nc21. The Morgan fingerprint density at radius 3 is 2.76 bits per heavy atom. The van der Waals surface area contributed by atoms with Crippen molar-refractivity contribution in [2.45, 2.75) is 48.7 Å². The highest BCUT2D eigenvalue weighted by Crippen LogP contribution is 2.66. The number of nitrogens with two attached hydrogens (primary N) is 2. The van der Waals surface area contributed by atoms with E-state index in [-0.39, 0.29) is 34.0 Å². The molecule has 22 nitrogen and oxygen atoms in total. The highest BCUT2D eigenvalue weighted by molar-refractivity contribution is 7.54. The van der Waals surface area contributed by atoms with Gasteiger partial charge in [-0.2, -0.15) is 10.1 Å². The normalized spacial score (nSPS) is 37.4. The molecule has 3 saturated heterocycles. The van der Waals surface area contributed by atoms with E-state index in [1.165, 1.54) is 17.9 Å². The summed E-state index contributed by atoms with van der Waals surface area (Å²) in [7, 11) is -9.26. The number of nitrogens with one attached hydrogen (secondary N) is 1. The number of phosphoric acid groups is 1. The molecule has 0 amide bonds. The molecule has 3 fully saturated rings. The highest BCUT2D eigenvalue weighted by atomic mass is 31.2. The number of anilines is 2. The smallest absolute Gasteiger partial charge is 0.381 e. The van der Waals surface area contributed by atoms with Gasteiger partial charge in [-0.05, 0) is 5.21 Å². The largest absolute Gasteiger partial charge is 0.472 e. The van der Waals surface area contributed by atoms with Gasteiger partial charge in [0.15, 0.2) is 35.1 Å². The number of alkyl halides is 1. The number of rotatable bonds is 3. The number of halogens is 1. The molecule has 7 heterocycles. The van der Waals surface area contributed by atoms with Gasteiger partial charge in [-0.1, -0.05) is 0 Å². The average Bonchev–Trinajstić information content (AvgIpc) is 3.74. The number of hydrogen-bond acceptors (Lipinski definition) is 17. The molecule has 25 heteroatoms. The Balaban J connectivity index is 1.24. The summed E-state index contributed by atoms with van der Waals surface area (Å²) in [4.78, 5) is 44.5. The van der Waals surface area contributed by atoms with Crippen LogP contribution in [0.3, 0.4) is 0 Å². The summed E-state index contributed by atoms with van der Waals surface area (Å²) in [5.74, 6) is -0.288. The number of methoxy groups -OCH3 is 1. The molecule has 9 atom stereocenters. The predicted molar refractivity (Wildman–Crippen MR) is 144 cm³/mol. The molecule has 0 aliphatic carbocycles. The third kappa shape index (κ3) is 4.83. The number of imidazole rings is 1. The van der Waals surface area contributed by atoms with Crippen LogP contribution in [-0.4, -0.2) is 105 Å². The van der Waals surface area contributed by atoms with Crippen LogP contribution < -0.4 is 17.0 Å². The second kappa shape index (κ2) is 10.5. The fourth-order valence-corrected chi connectivity index (χ4v) is 7.93. The summed E-state index contributed by atoms with van der Waals surface area (Å²) in [6, 6.07) is 0. The van der Waals surface area contributed by atoms with Crippen molar-refractivity contribution < 1.29 is 51.1 Å². The van der Waals surface area contributed by atoms with Crippen LogP contribution in [0.5, 0.6) is 0 Å². The Bertz CT molecular complexity index is 1960. The van der Waals surface area contributed by atoms with Crippen molar-refractivity contribution in [2.75, 3.05) is 31.8 Å². The third-order valence-corrected chi connectivity index (χ3v) is 10.6. The van der Waals surface area contributed by atoms with Crippen LogP contribution in [0.15, 0.2) is 17.3 Å². The maximum absolute atomic E-state index is 16.8. The first-order valence-corrected chi connectivity index (χ1v) is 16.1. The van der Waals surface area contributed by atoms with Crippen molar-refractivity contribution in [3.8, 4) is 0 Å². The lowest BCUT2D eigenvalue weighted by molar-refractivity contribution is -0.0598. The Labute approximate surface area is 248 Å². The molecule has 0 aromatic carbocycles. The molecule has 7 rings (SSSR count). The van der Waals surface area contributed by atoms with Gasteiger partial charge in [0.2, 0.25) is 11.4 Å². The number of aromatic nitrogens is 9. The van der Waals surface area contributed by atoms with Gasteiger partial charge in [-0.3, -0.25) is 28.0 Å². The molecule has 0 saturated carbocycles. The Morgan fingerprint density at radius 2 is 1.98 bits per heavy atom. The summed E-state index contributed by atoms with van der Waals surface area (Å²) >= 11 is 0. The number of H-pyrrole nitrogens is 1. The molecule has 2 bridgehead atoms. The topological polar surface area (TPSA) is 302 Å². The fourth-order valence-electron chi connectivity index (χ4n) is 5.56. The monoisotopic (exact) mass is 675 g/mol. The van der Waals surface area contributed by atoms with E-state index in [0.717, 1.165) is 11.0 Å². The molecule has 3 aliphatic rings. The van der Waals surface area contributed by atoms with Gasteiger partial charge in [0.25, 0.3) is 5.56 Å². The second-order valence-electron chi connectivity index (χ2n) is 10.3. The lowest BCUT2D eigenvalue weighted by Gasteiger charge is -2.31. The number of aromatic amines is 1. The van der Waals surface area contributed by atoms with Gasteiger partial charge < -0.3 is 40.0 Å². The lowest BCUT2D eigenvalue weighted by atomic mass is 10.1. The van der Waals surface area contributed by atoms with Crippen molar-refractivity contribution in [3.63, 3.8) is 0 Å². The van der Waals surface area contributed by atoms with Crippen LogP contribution in [0.1, 0.15) is 18.9 Å². The van der Waals surface area contributed by atoms with Crippen LogP contribution in [0.2, 0.25) is 0 Å². The number of phosphoric ester groups is 1. The molecule has 2 unspecified atom stereocenters. The van der Waals surface area contributed by atoms with Crippen molar-refractivity contribution in [2.24, 2.45) is 0 Å². The molecule has 7 N–H and O–H groups in total. The first-order valence-electron chi connectivity index (χ1n) is 13.0. The first-order chi connectivity index (χ1) is 21.3. The number of fused-ring (bicyclic) bond motifs is 5. The van der Waals surface area contributed by atoms with Crippen LogP contribution in [-0.2, 0) is 36.9 Å². The van der Waals surface area contributed by atoms with Gasteiger partial charge in [-0.25, -0.2) is 18.6 Å². The predicted octanol–water partition coefficient (Wildman–Crippen LogP) is -0.898. The van der Waals surface area contributed by atoms with E-state index >= 15 is 4.39 Å². The fraction of sp³-hybridized carbons (Fsp3) is 0.550. The molecule has 45 heavy (non-hydrogen) atoms. The Morgan fingerprint density at radius 1 is 1.18 bits per heavy atom. The summed E-state index contributed by atoms with van der Waals surface area (Å²) in [5.41, 5.74) is 10.6. The van der Waals surface area contributed by atoms with E-state index in [2.05, 4.69) is 35.5 Å². The van der Waals surface area contributed by atoms with Gasteiger partial charge >= 0.3 is 15.4 Å². The van der Waals surface area contributed by atoms with Crippen molar-refractivity contribution >= 4 is 49.4 Å². The van der Waals surface area contributed by atoms with Gasteiger partial charge in [-0.15, -0.1) is 10.2 Å². The van der Waals surface area contributed by atoms with Gasteiger partial charge in [0.1, 0.15) is 24.4 Å². The molecule has 4 aromatic heterocycles. The van der Waals surface area contributed by atoms with Crippen molar-refractivity contribution in [1.82, 2.24) is 44.7 Å². The van der Waals surface area contributed by atoms with Gasteiger partial charge in [0, 0.05) is 13.5 Å². The van der Waals surface area contributed by atoms with Crippen LogP contribution in [0.4, 0.5) is 16.2 Å². The summed E-state index contributed by atoms with van der Waals surface area (Å²) < 4.78 is 79.0. The zero-order chi connectivity index (χ0) is 31.9. The van der Waals surface area contributed by atoms with Crippen molar-refractivity contribution in [1.29, 1.82) is 0 Å². The number of nitrogens with zero attached hydrogens (tertiary/aromatic N) is 8. The maximum Gasteiger partial charge on any atom is 0.472 e. The Kier molecular flexibility index (Phi) is 7.05. The molecule has 3 aliphatic heterocycles. The number of ether oxygens (including phenoxy) is 3. The molecule has 0 spiro atoms. The average molecular weight is 675 g/mol. The van der Waals surface area contributed by atoms with E-state index in [0.29, 0.717) is 0 Å². The molecule has 0 radical (unpaired) electrons. The van der Waals surface area contributed by atoms with E-state index in [1.54, 1.807) is 0 Å². The molecule has 242 valence electrons. The van der Waals surface area contributed by atoms with E-state index in [4.69, 9.17) is 39.2 Å². The van der Waals surface area contributed by atoms with E-state index in [1.807, 2.05) is 0 Å². The first kappa shape index (κ1) is 30.2. The zero-order valence-electron chi connectivity index (χ0n) is 22.8. The summed E-state index contributed by atoms with van der Waals surface area (Å²) in [5, 5.41) is 12.1. The number of hydrogen-bond donors (Lipinski definition) is 5. The van der Waals surface area contributed by atoms with Crippen LogP contribution in [0.25, 0.3) is 22.2 Å². The standard InChI is InChI=1S/C20H24FN11O11P2/c1-38-12-8-4-39-44(34,35)20(21)2-10(32-15-7(3-25-32)14(22)28-30-29-15)42-9(20)5-40-45(36,37)43-13(12)18(41-8)31-6-24-11-16(31)26-19(23)27-17(11)33/h3,6,8-10,12-13,18H,2,4-5H2,1H3,(H,34,35)(H,36,37)(H2,22,28,29)(H3,23,26,27,33)/t8-,9-,10-,12-,13-,18-,20+/m1/s1. The van der Waals surface area contributed by atoms with E-state index < -0.39 is 82.9 Å². The third-order valence-electron chi connectivity index (χ3n) is 7.70. The molecular weight excluding hydrogens is 651 g/mol. The van der Waals surface area contributed by atoms with Gasteiger partial charge in [0.05, 0.1) is 31.1 Å². The minimum Gasteiger partial charge on any atom is -0.381 e. The van der Waals surface area contributed by atoms with Crippen molar-refractivity contribution in [3.05, 3.63) is 22.9 Å². The van der Waals surface area contributed by atoms with E-state index in [9.17, 15) is 23.7 Å². The number of nitrogen functional groups attached to an aromatic ring is 2. The Hall–Kier alpha value is -3.50. The molecule has 4 aromatic rings. The van der Waals surface area contributed by atoms with Crippen LogP contribution >= 0.6 is 15.4 Å². The minimum absolute atomic E-state index is 0.0284. The highest BCUT2D eigenvalue weighted by Gasteiger charge is 2.64.